The van der Waals surface area contributed by atoms with E-state index >= 15 is 0 Å². The lowest BCUT2D eigenvalue weighted by atomic mass is 9.93. The maximum absolute atomic E-state index is 13.4. The van der Waals surface area contributed by atoms with Crippen molar-refractivity contribution in [3.05, 3.63) is 29.6 Å². The number of ether oxygens (including phenoxy) is 1. The molecule has 2 N–H and O–H groups in total. The normalized spacial score (nSPS) is 15.3. The summed E-state index contributed by atoms with van der Waals surface area (Å²) >= 11 is 0. The van der Waals surface area contributed by atoms with Gasteiger partial charge in [-0.1, -0.05) is 26.3 Å². The van der Waals surface area contributed by atoms with Crippen molar-refractivity contribution in [2.75, 3.05) is 0 Å². The van der Waals surface area contributed by atoms with Crippen molar-refractivity contribution in [1.29, 1.82) is 0 Å². The second kappa shape index (κ2) is 5.56. The molecular weight excluding hydrogens is 250 g/mol. The average molecular weight is 265 g/mol. The maximum atomic E-state index is 13.4. The Morgan fingerprint density at radius 3 is 2.39 bits per heavy atom. The minimum absolute atomic E-state index is 0.110. The Hall–Kier alpha value is -1.30. The zero-order chi connectivity index (χ0) is 13.9. The molecule has 0 spiro atoms. The van der Waals surface area contributed by atoms with Gasteiger partial charge in [-0.15, -0.1) is 13.2 Å². The third kappa shape index (κ3) is 3.87. The van der Waals surface area contributed by atoms with E-state index in [2.05, 4.69) is 4.74 Å². The van der Waals surface area contributed by atoms with Gasteiger partial charge in [0.05, 0.1) is 0 Å². The number of alkyl halides is 3. The summed E-state index contributed by atoms with van der Waals surface area (Å²) in [5.74, 6) is -1.80. The van der Waals surface area contributed by atoms with Crippen molar-refractivity contribution >= 4 is 0 Å². The Labute approximate surface area is 103 Å². The quantitative estimate of drug-likeness (QED) is 0.841. The van der Waals surface area contributed by atoms with E-state index in [4.69, 9.17) is 5.73 Å². The molecule has 6 heteroatoms. The van der Waals surface area contributed by atoms with E-state index in [0.29, 0.717) is 5.56 Å². The molecule has 1 rings (SSSR count). The topological polar surface area (TPSA) is 35.2 Å². The first-order valence-corrected chi connectivity index (χ1v) is 5.55. The van der Waals surface area contributed by atoms with Crippen LogP contribution in [0.4, 0.5) is 17.6 Å². The summed E-state index contributed by atoms with van der Waals surface area (Å²) in [4.78, 5) is 0. The van der Waals surface area contributed by atoms with E-state index in [1.165, 1.54) is 6.07 Å². The number of hydrogen-bond acceptors (Lipinski definition) is 2. The Kier molecular flexibility index (Phi) is 4.56. The molecule has 2 atom stereocenters. The molecule has 0 aliphatic heterocycles. The fraction of sp³-hybridized carbons (Fsp3) is 0.500. The number of hydrogen-bond donors (Lipinski definition) is 1. The van der Waals surface area contributed by atoms with Gasteiger partial charge in [-0.25, -0.2) is 4.39 Å². The molecule has 0 bridgehead atoms. The van der Waals surface area contributed by atoms with Crippen molar-refractivity contribution in [3.8, 4) is 5.75 Å². The van der Waals surface area contributed by atoms with Gasteiger partial charge in [-0.3, -0.25) is 0 Å². The molecule has 1 unspecified atom stereocenters. The van der Waals surface area contributed by atoms with E-state index in [1.807, 2.05) is 13.8 Å². The first-order valence-electron chi connectivity index (χ1n) is 5.55. The van der Waals surface area contributed by atoms with Crippen molar-refractivity contribution in [3.63, 3.8) is 0 Å². The van der Waals surface area contributed by atoms with Gasteiger partial charge in [-0.2, -0.15) is 0 Å². The van der Waals surface area contributed by atoms with Crippen LogP contribution >= 0.6 is 0 Å². The third-order valence-electron chi connectivity index (χ3n) is 2.82. The van der Waals surface area contributed by atoms with Crippen LogP contribution in [-0.4, -0.2) is 6.36 Å². The van der Waals surface area contributed by atoms with Crippen LogP contribution in [0.3, 0.4) is 0 Å². The number of benzene rings is 1. The van der Waals surface area contributed by atoms with Crippen molar-refractivity contribution in [1.82, 2.24) is 0 Å². The van der Waals surface area contributed by atoms with Crippen LogP contribution in [0.25, 0.3) is 0 Å². The first-order chi connectivity index (χ1) is 8.24. The molecule has 0 aliphatic carbocycles. The monoisotopic (exact) mass is 265 g/mol. The predicted molar refractivity (Wildman–Crippen MR) is 59.5 cm³/mol. The van der Waals surface area contributed by atoms with Crippen molar-refractivity contribution < 1.29 is 22.3 Å². The highest BCUT2D eigenvalue weighted by atomic mass is 19.4. The summed E-state index contributed by atoms with van der Waals surface area (Å²) in [5.41, 5.74) is 6.32. The molecule has 0 aliphatic rings. The molecule has 1 aromatic rings. The highest BCUT2D eigenvalue weighted by Crippen LogP contribution is 2.29. The van der Waals surface area contributed by atoms with Crippen LogP contribution in [0.15, 0.2) is 18.2 Å². The van der Waals surface area contributed by atoms with E-state index in [0.717, 1.165) is 18.6 Å². The van der Waals surface area contributed by atoms with Crippen molar-refractivity contribution in [2.45, 2.75) is 32.7 Å². The predicted octanol–water partition coefficient (Wildman–Crippen LogP) is 3.77. The van der Waals surface area contributed by atoms with Gasteiger partial charge in [0.2, 0.25) is 0 Å². The summed E-state index contributed by atoms with van der Waals surface area (Å²) in [6.45, 7) is 3.82. The molecule has 0 aromatic heterocycles. The standard InChI is InChI=1S/C12H15F4NO/c1-3-7(2)11(17)8-4-5-10(9(13)6-8)18-12(14,15)16/h4-7,11H,3,17H2,1-2H3/t7?,11-/m1/s1. The largest absolute Gasteiger partial charge is 0.573 e. The van der Waals surface area contributed by atoms with Gasteiger partial charge < -0.3 is 10.5 Å². The van der Waals surface area contributed by atoms with Crippen LogP contribution in [-0.2, 0) is 0 Å². The highest BCUT2D eigenvalue weighted by molar-refractivity contribution is 5.31. The molecule has 0 saturated heterocycles. The fourth-order valence-corrected chi connectivity index (χ4v) is 1.51. The zero-order valence-electron chi connectivity index (χ0n) is 10.1. The maximum Gasteiger partial charge on any atom is 0.573 e. The van der Waals surface area contributed by atoms with Gasteiger partial charge >= 0.3 is 6.36 Å². The Balaban J connectivity index is 2.92. The van der Waals surface area contributed by atoms with Crippen LogP contribution in [0, 0.1) is 11.7 Å². The van der Waals surface area contributed by atoms with E-state index in [1.54, 1.807) is 0 Å². The second-order valence-corrected chi connectivity index (χ2v) is 4.15. The van der Waals surface area contributed by atoms with Gasteiger partial charge in [0.15, 0.2) is 11.6 Å². The summed E-state index contributed by atoms with van der Waals surface area (Å²) in [6, 6.07) is 2.86. The highest BCUT2D eigenvalue weighted by Gasteiger charge is 2.32. The Morgan fingerprint density at radius 1 is 1.33 bits per heavy atom. The molecule has 0 amide bonds. The first kappa shape index (κ1) is 14.8. The second-order valence-electron chi connectivity index (χ2n) is 4.15. The van der Waals surface area contributed by atoms with E-state index in [9.17, 15) is 17.6 Å². The Morgan fingerprint density at radius 2 is 1.94 bits per heavy atom. The smallest absolute Gasteiger partial charge is 0.403 e. The van der Waals surface area contributed by atoms with Crippen molar-refractivity contribution in [2.24, 2.45) is 11.7 Å². The van der Waals surface area contributed by atoms with E-state index < -0.39 is 24.0 Å². The molecule has 0 heterocycles. The van der Waals surface area contributed by atoms with Crippen LogP contribution in [0.2, 0.25) is 0 Å². The SMILES string of the molecule is CCC(C)[C@@H](N)c1ccc(OC(F)(F)F)c(F)c1. The molecular formula is C12H15F4NO. The van der Waals surface area contributed by atoms with Gasteiger partial charge in [0.25, 0.3) is 0 Å². The van der Waals surface area contributed by atoms with Gasteiger partial charge in [0, 0.05) is 6.04 Å². The number of halogens is 4. The summed E-state index contributed by atoms with van der Waals surface area (Å²) < 4.78 is 52.8. The van der Waals surface area contributed by atoms with Crippen LogP contribution in [0.5, 0.6) is 5.75 Å². The van der Waals surface area contributed by atoms with Crippen LogP contribution < -0.4 is 10.5 Å². The van der Waals surface area contributed by atoms with Crippen LogP contribution in [0.1, 0.15) is 31.9 Å². The summed E-state index contributed by atoms with van der Waals surface area (Å²) in [7, 11) is 0. The lowest BCUT2D eigenvalue weighted by Gasteiger charge is -2.19. The summed E-state index contributed by atoms with van der Waals surface area (Å²) in [6.07, 6.45) is -4.11. The Bertz CT molecular complexity index is 406. The third-order valence-corrected chi connectivity index (χ3v) is 2.82. The minimum Gasteiger partial charge on any atom is -0.403 e. The van der Waals surface area contributed by atoms with Gasteiger partial charge in [0.1, 0.15) is 0 Å². The molecule has 1 aromatic carbocycles. The molecule has 0 saturated carbocycles. The van der Waals surface area contributed by atoms with Gasteiger partial charge in [-0.05, 0) is 23.6 Å². The molecule has 18 heavy (non-hydrogen) atoms. The summed E-state index contributed by atoms with van der Waals surface area (Å²) in [5, 5.41) is 0. The molecule has 0 radical (unpaired) electrons. The lowest BCUT2D eigenvalue weighted by Crippen LogP contribution is -2.20. The number of nitrogens with two attached hydrogens (primary N) is 1. The fourth-order valence-electron chi connectivity index (χ4n) is 1.51. The number of rotatable bonds is 4. The lowest BCUT2D eigenvalue weighted by molar-refractivity contribution is -0.275. The van der Waals surface area contributed by atoms with E-state index in [-0.39, 0.29) is 5.92 Å². The molecule has 0 fully saturated rings. The zero-order valence-corrected chi connectivity index (χ0v) is 10.1. The minimum atomic E-state index is -4.90. The molecule has 2 nitrogen and oxygen atoms in total. The molecule has 102 valence electrons. The average Bonchev–Trinajstić information content (AvgIpc) is 2.28.